The van der Waals surface area contributed by atoms with Gasteiger partial charge in [-0.2, -0.15) is 0 Å². The van der Waals surface area contributed by atoms with E-state index in [1.54, 1.807) is 0 Å². The highest BCUT2D eigenvalue weighted by Gasteiger charge is 2.26. The maximum Gasteiger partial charge on any atom is 0.254 e. The Morgan fingerprint density at radius 3 is 2.27 bits per heavy atom. The minimum absolute atomic E-state index is 0.00487. The van der Waals surface area contributed by atoms with Crippen molar-refractivity contribution in [2.24, 2.45) is 0 Å². The van der Waals surface area contributed by atoms with Crippen LogP contribution in [-0.4, -0.2) is 61.0 Å². The molecule has 1 amide bonds. The Morgan fingerprint density at radius 1 is 1.00 bits per heavy atom. The molecule has 3 aromatic carbocycles. The van der Waals surface area contributed by atoms with Crippen LogP contribution < -0.4 is 10.1 Å². The summed E-state index contributed by atoms with van der Waals surface area (Å²) < 4.78 is 29.1. The second-order valence-electron chi connectivity index (χ2n) is 10.9. The normalized spacial score (nSPS) is 19.7. The molecular formula is C31H36N2O6S. The van der Waals surface area contributed by atoms with Gasteiger partial charge in [0.05, 0.1) is 0 Å². The van der Waals surface area contributed by atoms with E-state index in [1.807, 2.05) is 29.2 Å². The third kappa shape index (κ3) is 6.66. The van der Waals surface area contributed by atoms with Crippen molar-refractivity contribution in [2.45, 2.75) is 61.7 Å². The summed E-state index contributed by atoms with van der Waals surface area (Å²) in [4.78, 5) is 14.7. The number of sulfone groups is 1. The van der Waals surface area contributed by atoms with Gasteiger partial charge < -0.3 is 25.2 Å². The van der Waals surface area contributed by atoms with Gasteiger partial charge in [0.15, 0.2) is 9.84 Å². The van der Waals surface area contributed by atoms with Gasteiger partial charge >= 0.3 is 0 Å². The summed E-state index contributed by atoms with van der Waals surface area (Å²) in [6.45, 7) is 1.69. The number of aliphatic hydroxyl groups is 1. The first-order valence-electron chi connectivity index (χ1n) is 13.7. The van der Waals surface area contributed by atoms with Crippen molar-refractivity contribution >= 4 is 15.7 Å². The molecule has 0 radical (unpaired) electrons. The Bertz CT molecular complexity index is 1420. The van der Waals surface area contributed by atoms with Crippen molar-refractivity contribution in [2.75, 3.05) is 19.4 Å². The molecule has 0 spiro atoms. The average Bonchev–Trinajstić information content (AvgIpc) is 3.39. The SMILES string of the molecule is CS(=O)(=O)c1cc(OC[C@H](O)CNC2CCC(c3ccc(C(=O)N4Cc5ccccc5C4)cc3)CC2)ccc1O. The molecule has 3 N–H and O–H groups in total. The number of nitrogens with one attached hydrogen (secondary N) is 1. The van der Waals surface area contributed by atoms with E-state index >= 15 is 0 Å². The molecule has 0 aromatic heterocycles. The number of ether oxygens (including phenoxy) is 1. The molecule has 5 rings (SSSR count). The van der Waals surface area contributed by atoms with Crippen LogP contribution >= 0.6 is 0 Å². The number of benzene rings is 3. The van der Waals surface area contributed by atoms with E-state index in [4.69, 9.17) is 4.74 Å². The molecule has 0 bridgehead atoms. The zero-order chi connectivity index (χ0) is 28.3. The summed E-state index contributed by atoms with van der Waals surface area (Å²) in [6, 6.07) is 20.6. The summed E-state index contributed by atoms with van der Waals surface area (Å²) in [5.41, 5.74) is 4.43. The van der Waals surface area contributed by atoms with Gasteiger partial charge in [-0.25, -0.2) is 8.42 Å². The average molecular weight is 565 g/mol. The predicted molar refractivity (Wildman–Crippen MR) is 152 cm³/mol. The molecule has 40 heavy (non-hydrogen) atoms. The zero-order valence-corrected chi connectivity index (χ0v) is 23.4. The monoisotopic (exact) mass is 564 g/mol. The van der Waals surface area contributed by atoms with Gasteiger partial charge in [-0.05, 0) is 72.6 Å². The Hall–Kier alpha value is -3.40. The summed E-state index contributed by atoms with van der Waals surface area (Å²) in [5, 5.41) is 23.6. The van der Waals surface area contributed by atoms with Crippen LogP contribution in [0.4, 0.5) is 0 Å². The van der Waals surface area contributed by atoms with Crippen LogP contribution in [-0.2, 0) is 22.9 Å². The molecule has 1 heterocycles. The number of amides is 1. The Balaban J connectivity index is 1.05. The van der Waals surface area contributed by atoms with Crippen molar-refractivity contribution in [1.29, 1.82) is 0 Å². The quantitative estimate of drug-likeness (QED) is 0.360. The molecule has 1 aliphatic heterocycles. The first-order valence-corrected chi connectivity index (χ1v) is 15.6. The minimum atomic E-state index is -3.58. The number of phenols is 1. The maximum absolute atomic E-state index is 13.0. The van der Waals surface area contributed by atoms with Crippen LogP contribution in [0.2, 0.25) is 0 Å². The lowest BCUT2D eigenvalue weighted by Crippen LogP contribution is -2.39. The fraction of sp³-hybridized carbons (Fsp3) is 0.387. The second kappa shape index (κ2) is 12.0. The first kappa shape index (κ1) is 28.1. The van der Waals surface area contributed by atoms with Crippen LogP contribution in [0.1, 0.15) is 58.6 Å². The smallest absolute Gasteiger partial charge is 0.254 e. The van der Waals surface area contributed by atoms with Gasteiger partial charge in [0.2, 0.25) is 0 Å². The van der Waals surface area contributed by atoms with Crippen LogP contribution in [0.25, 0.3) is 0 Å². The number of nitrogens with zero attached hydrogens (tertiary/aromatic N) is 1. The molecular weight excluding hydrogens is 528 g/mol. The lowest BCUT2D eigenvalue weighted by atomic mass is 9.81. The standard InChI is InChI=1S/C31H36N2O6S/c1-40(37,38)30-16-28(14-15-29(30)35)39-20-27(34)17-32-26-12-10-22(11-13-26)21-6-8-23(9-7-21)31(36)33-18-24-4-2-3-5-25(24)19-33/h2-9,14-16,22,26-27,32,34-35H,10-13,17-20H2,1H3/t22?,26?,27-/m1/s1. The first-order chi connectivity index (χ1) is 19.2. The van der Waals surface area contributed by atoms with Crippen LogP contribution in [0.5, 0.6) is 11.5 Å². The van der Waals surface area contributed by atoms with Crippen molar-refractivity contribution in [1.82, 2.24) is 10.2 Å². The lowest BCUT2D eigenvalue weighted by molar-refractivity contribution is 0.0751. The highest BCUT2D eigenvalue weighted by Crippen LogP contribution is 2.33. The topological polar surface area (TPSA) is 116 Å². The van der Waals surface area contributed by atoms with Gasteiger partial charge in [-0.15, -0.1) is 0 Å². The van der Waals surface area contributed by atoms with E-state index in [2.05, 4.69) is 29.6 Å². The molecule has 212 valence electrons. The Kier molecular flexibility index (Phi) is 8.44. The second-order valence-corrected chi connectivity index (χ2v) is 12.9. The molecule has 3 aromatic rings. The van der Waals surface area contributed by atoms with E-state index in [0.29, 0.717) is 31.6 Å². The van der Waals surface area contributed by atoms with Gasteiger partial charge in [-0.3, -0.25) is 4.79 Å². The number of rotatable bonds is 9. The number of phenolic OH excluding ortho intramolecular Hbond substituents is 1. The van der Waals surface area contributed by atoms with Crippen LogP contribution in [0.3, 0.4) is 0 Å². The molecule has 2 aliphatic rings. The number of aliphatic hydroxyl groups excluding tert-OH is 1. The molecule has 8 nitrogen and oxygen atoms in total. The van der Waals surface area contributed by atoms with Crippen molar-refractivity contribution in [3.63, 3.8) is 0 Å². The number of hydrogen-bond donors (Lipinski definition) is 3. The molecule has 0 saturated heterocycles. The third-order valence-electron chi connectivity index (χ3n) is 7.90. The van der Waals surface area contributed by atoms with Gasteiger partial charge in [0, 0.05) is 43.6 Å². The zero-order valence-electron chi connectivity index (χ0n) is 22.6. The number of hydrogen-bond acceptors (Lipinski definition) is 7. The summed E-state index contributed by atoms with van der Waals surface area (Å²) >= 11 is 0. The largest absolute Gasteiger partial charge is 0.507 e. The van der Waals surface area contributed by atoms with Crippen molar-refractivity contribution in [3.05, 3.63) is 89.0 Å². The molecule has 1 saturated carbocycles. The van der Waals surface area contributed by atoms with Crippen molar-refractivity contribution in [3.8, 4) is 11.5 Å². The van der Waals surface area contributed by atoms with Gasteiger partial charge in [0.1, 0.15) is 29.1 Å². The van der Waals surface area contributed by atoms with E-state index < -0.39 is 15.9 Å². The van der Waals surface area contributed by atoms with Crippen LogP contribution in [0.15, 0.2) is 71.6 Å². The molecule has 1 aliphatic carbocycles. The summed E-state index contributed by atoms with van der Waals surface area (Å²) in [7, 11) is -3.58. The van der Waals surface area contributed by atoms with E-state index in [0.717, 1.165) is 37.5 Å². The molecule has 1 atom stereocenters. The van der Waals surface area contributed by atoms with Gasteiger partial charge in [0.25, 0.3) is 5.91 Å². The Morgan fingerprint density at radius 2 is 1.65 bits per heavy atom. The maximum atomic E-state index is 13.0. The number of carbonyl (C=O) groups excluding carboxylic acids is 1. The summed E-state index contributed by atoms with van der Waals surface area (Å²) in [6.07, 6.45) is 4.29. The van der Waals surface area contributed by atoms with Crippen LogP contribution in [0, 0.1) is 0 Å². The summed E-state index contributed by atoms with van der Waals surface area (Å²) in [5.74, 6) is 0.464. The molecule has 0 unspecified atom stereocenters. The fourth-order valence-corrected chi connectivity index (χ4v) is 6.40. The number of carbonyl (C=O) groups is 1. The third-order valence-corrected chi connectivity index (χ3v) is 9.03. The van der Waals surface area contributed by atoms with E-state index in [9.17, 15) is 23.4 Å². The number of aromatic hydroxyl groups is 1. The predicted octanol–water partition coefficient (Wildman–Crippen LogP) is 4.01. The number of fused-ring (bicyclic) bond motifs is 1. The van der Waals surface area contributed by atoms with Crippen molar-refractivity contribution < 1.29 is 28.2 Å². The van der Waals surface area contributed by atoms with Gasteiger partial charge in [-0.1, -0.05) is 36.4 Å². The highest BCUT2D eigenvalue weighted by molar-refractivity contribution is 7.90. The Labute approximate surface area is 235 Å². The minimum Gasteiger partial charge on any atom is -0.507 e. The highest BCUT2D eigenvalue weighted by atomic mass is 32.2. The van der Waals surface area contributed by atoms with E-state index in [1.165, 1.54) is 34.9 Å². The molecule has 9 heteroatoms. The fourth-order valence-electron chi connectivity index (χ4n) is 5.62. The molecule has 1 fully saturated rings. The lowest BCUT2D eigenvalue weighted by Gasteiger charge is -2.30. The van der Waals surface area contributed by atoms with E-state index in [-0.39, 0.29) is 28.9 Å².